The molecular weight excluding hydrogens is 436 g/mol. The van der Waals surface area contributed by atoms with Gasteiger partial charge in [0.1, 0.15) is 0 Å². The van der Waals surface area contributed by atoms with Gasteiger partial charge in [-0.3, -0.25) is 4.99 Å². The Bertz CT molecular complexity index is 915. The Balaban J connectivity index is 3.01. The first-order valence-electron chi connectivity index (χ1n) is 14.1. The molecule has 36 heavy (non-hydrogen) atoms. The van der Waals surface area contributed by atoms with Gasteiger partial charge in [0.05, 0.1) is 6.54 Å². The van der Waals surface area contributed by atoms with E-state index in [2.05, 4.69) is 96.8 Å². The molecule has 0 aliphatic heterocycles. The summed E-state index contributed by atoms with van der Waals surface area (Å²) in [5.74, 6) is 1.20. The summed E-state index contributed by atoms with van der Waals surface area (Å²) in [7, 11) is 0. The molecular formula is C34H54N2. The third kappa shape index (κ3) is 9.60. The minimum atomic E-state index is 0.573. The van der Waals surface area contributed by atoms with E-state index in [9.17, 15) is 0 Å². The molecule has 0 saturated carbocycles. The van der Waals surface area contributed by atoms with Gasteiger partial charge in [-0.2, -0.15) is 0 Å². The Morgan fingerprint density at radius 3 is 2.19 bits per heavy atom. The lowest BCUT2D eigenvalue weighted by Crippen LogP contribution is -2.30. The average Bonchev–Trinajstić information content (AvgIpc) is 2.83. The van der Waals surface area contributed by atoms with Crippen LogP contribution in [0.25, 0.3) is 11.1 Å². The summed E-state index contributed by atoms with van der Waals surface area (Å²) in [4.78, 5) is 7.23. The molecule has 0 aromatic heterocycles. The van der Waals surface area contributed by atoms with Crippen LogP contribution in [0.15, 0.2) is 55.2 Å². The molecule has 0 bridgehead atoms. The number of hydrogen-bond donors (Lipinski definition) is 0. The van der Waals surface area contributed by atoms with E-state index < -0.39 is 0 Å². The van der Waals surface area contributed by atoms with Crippen molar-refractivity contribution in [2.75, 3.05) is 19.6 Å². The summed E-state index contributed by atoms with van der Waals surface area (Å²) in [5, 5.41) is 0. The van der Waals surface area contributed by atoms with E-state index in [1.165, 1.54) is 53.6 Å². The zero-order chi connectivity index (χ0) is 27.3. The predicted molar refractivity (Wildman–Crippen MR) is 165 cm³/mol. The van der Waals surface area contributed by atoms with Crippen molar-refractivity contribution in [1.29, 1.82) is 0 Å². The maximum Gasteiger partial charge on any atom is 0.0571 e. The van der Waals surface area contributed by atoms with Gasteiger partial charge < -0.3 is 4.90 Å². The van der Waals surface area contributed by atoms with E-state index in [1.54, 1.807) is 0 Å². The van der Waals surface area contributed by atoms with Crippen LogP contribution >= 0.6 is 0 Å². The van der Waals surface area contributed by atoms with Crippen molar-refractivity contribution in [3.8, 4) is 0 Å². The fourth-order valence-corrected chi connectivity index (χ4v) is 5.05. The summed E-state index contributed by atoms with van der Waals surface area (Å²) in [6.07, 6.45) is 10.2. The Morgan fingerprint density at radius 1 is 0.944 bits per heavy atom. The van der Waals surface area contributed by atoms with Crippen LogP contribution in [0.3, 0.4) is 0 Å². The van der Waals surface area contributed by atoms with Crippen LogP contribution in [0.4, 0.5) is 0 Å². The first-order chi connectivity index (χ1) is 17.1. The number of rotatable bonds is 18. The normalized spacial score (nSPS) is 12.5. The fourth-order valence-electron chi connectivity index (χ4n) is 5.05. The highest BCUT2D eigenvalue weighted by molar-refractivity contribution is 6.03. The monoisotopic (exact) mass is 490 g/mol. The summed E-state index contributed by atoms with van der Waals surface area (Å²) >= 11 is 0. The van der Waals surface area contributed by atoms with Crippen LogP contribution in [-0.4, -0.2) is 30.2 Å². The molecule has 2 nitrogen and oxygen atoms in total. The van der Waals surface area contributed by atoms with Gasteiger partial charge in [0.25, 0.3) is 0 Å². The lowest BCUT2D eigenvalue weighted by Gasteiger charge is -2.34. The van der Waals surface area contributed by atoms with Crippen molar-refractivity contribution < 1.29 is 0 Å². The highest BCUT2D eigenvalue weighted by Crippen LogP contribution is 2.31. The zero-order valence-corrected chi connectivity index (χ0v) is 24.7. The van der Waals surface area contributed by atoms with E-state index in [0.29, 0.717) is 18.4 Å². The van der Waals surface area contributed by atoms with Gasteiger partial charge in [-0.15, -0.1) is 6.58 Å². The van der Waals surface area contributed by atoms with Gasteiger partial charge in [0.15, 0.2) is 0 Å². The molecule has 0 amide bonds. The number of aryl methyl sites for hydroxylation is 1. The summed E-state index contributed by atoms with van der Waals surface area (Å²) < 4.78 is 0. The highest BCUT2D eigenvalue weighted by Gasteiger charge is 2.21. The Kier molecular flexibility index (Phi) is 14.4. The Hall–Kier alpha value is -2.35. The van der Waals surface area contributed by atoms with E-state index in [-0.39, 0.29) is 0 Å². The third-order valence-electron chi connectivity index (χ3n) is 7.21. The molecule has 1 rings (SSSR count). The smallest absolute Gasteiger partial charge is 0.0571 e. The first-order valence-corrected chi connectivity index (χ1v) is 14.1. The molecule has 0 spiro atoms. The number of unbranched alkanes of at least 4 members (excludes halogenated alkanes) is 2. The van der Waals surface area contributed by atoms with Crippen LogP contribution in [0.2, 0.25) is 0 Å². The van der Waals surface area contributed by atoms with Crippen molar-refractivity contribution in [2.45, 2.75) is 93.4 Å². The predicted octanol–water partition coefficient (Wildman–Crippen LogP) is 9.89. The second-order valence-corrected chi connectivity index (χ2v) is 10.7. The minimum absolute atomic E-state index is 0.573. The van der Waals surface area contributed by atoms with Crippen LogP contribution in [0.1, 0.15) is 109 Å². The van der Waals surface area contributed by atoms with E-state index in [1.807, 2.05) is 6.08 Å². The SMILES string of the molecule is C=CC/N=C(/C)c1cc(C(=C)CCCN(CCC)C(=C)[C@H](CCCCC)C(C)C)c(C)cc1C(=C)C. The van der Waals surface area contributed by atoms with Gasteiger partial charge in [0.2, 0.25) is 0 Å². The van der Waals surface area contributed by atoms with Crippen LogP contribution in [0.5, 0.6) is 0 Å². The maximum atomic E-state index is 4.68. The van der Waals surface area contributed by atoms with Gasteiger partial charge in [-0.1, -0.05) is 84.4 Å². The first kappa shape index (κ1) is 31.7. The summed E-state index contributed by atoms with van der Waals surface area (Å²) in [6.45, 7) is 35.4. The van der Waals surface area contributed by atoms with Gasteiger partial charge in [-0.25, -0.2) is 0 Å². The van der Waals surface area contributed by atoms with Crippen molar-refractivity contribution in [3.63, 3.8) is 0 Å². The number of nitrogens with zero attached hydrogens (tertiary/aromatic N) is 2. The van der Waals surface area contributed by atoms with Crippen LogP contribution in [-0.2, 0) is 0 Å². The summed E-state index contributed by atoms with van der Waals surface area (Å²) in [5.41, 5.74) is 9.44. The standard InChI is InChI=1S/C34H54N2/c1-12-15-16-19-31(25(4)5)30(11)36(21-14-3)22-17-18-27(8)33-24-34(29(10)35-20-13-2)32(26(6)7)23-28(33)9/h13,23-25,31H,2,6,8,11-12,14-22H2,1,3-5,7,9-10H3/b35-29-/t31-/m1/s1. The molecule has 1 aromatic carbocycles. The van der Waals surface area contributed by atoms with Crippen molar-refractivity contribution in [2.24, 2.45) is 16.8 Å². The quantitative estimate of drug-likeness (QED) is 0.113. The molecule has 0 fully saturated rings. The van der Waals surface area contributed by atoms with Gasteiger partial charge in [0, 0.05) is 36.0 Å². The molecule has 2 heteroatoms. The Morgan fingerprint density at radius 2 is 1.64 bits per heavy atom. The molecule has 0 N–H and O–H groups in total. The summed E-state index contributed by atoms with van der Waals surface area (Å²) in [6, 6.07) is 4.52. The van der Waals surface area contributed by atoms with Crippen LogP contribution < -0.4 is 0 Å². The molecule has 0 heterocycles. The second kappa shape index (κ2) is 16.4. The molecule has 0 saturated heterocycles. The zero-order valence-electron chi connectivity index (χ0n) is 24.7. The fraction of sp³-hybridized carbons (Fsp3) is 0.559. The van der Waals surface area contributed by atoms with E-state index in [0.717, 1.165) is 49.2 Å². The highest BCUT2D eigenvalue weighted by atomic mass is 15.1. The number of hydrogen-bond acceptors (Lipinski definition) is 2. The van der Waals surface area contributed by atoms with Crippen molar-refractivity contribution in [3.05, 3.63) is 72.5 Å². The topological polar surface area (TPSA) is 15.6 Å². The molecule has 0 unspecified atom stereocenters. The molecule has 1 aromatic rings. The minimum Gasteiger partial charge on any atom is -0.375 e. The van der Waals surface area contributed by atoms with Gasteiger partial charge in [-0.05, 0) is 80.7 Å². The second-order valence-electron chi connectivity index (χ2n) is 10.7. The van der Waals surface area contributed by atoms with Gasteiger partial charge >= 0.3 is 0 Å². The average molecular weight is 491 g/mol. The largest absolute Gasteiger partial charge is 0.375 e. The van der Waals surface area contributed by atoms with E-state index >= 15 is 0 Å². The lowest BCUT2D eigenvalue weighted by atomic mass is 9.87. The number of aliphatic imine (C=N–C) groups is 1. The van der Waals surface area contributed by atoms with E-state index in [4.69, 9.17) is 0 Å². The Labute approximate surface area is 224 Å². The molecule has 200 valence electrons. The molecule has 0 aliphatic carbocycles. The lowest BCUT2D eigenvalue weighted by molar-refractivity contribution is 0.258. The molecule has 0 aliphatic rings. The van der Waals surface area contributed by atoms with Crippen LogP contribution in [0, 0.1) is 18.8 Å². The number of allylic oxidation sites excluding steroid dienone is 3. The van der Waals surface area contributed by atoms with Crippen molar-refractivity contribution in [1.82, 2.24) is 4.90 Å². The van der Waals surface area contributed by atoms with Crippen molar-refractivity contribution >= 4 is 16.9 Å². The third-order valence-corrected chi connectivity index (χ3v) is 7.21. The molecule has 1 atom stereocenters. The molecule has 0 radical (unpaired) electrons. The number of benzene rings is 1. The maximum absolute atomic E-state index is 4.68.